The molecule has 1 unspecified atom stereocenters. The number of thioether (sulfide) groups is 1. The summed E-state index contributed by atoms with van der Waals surface area (Å²) in [5.41, 5.74) is 11.1. The number of para-hydroxylation sites is 1. The number of anilines is 2. The van der Waals surface area contributed by atoms with Crippen molar-refractivity contribution < 1.29 is 9.59 Å². The summed E-state index contributed by atoms with van der Waals surface area (Å²) in [7, 11) is 0. The van der Waals surface area contributed by atoms with E-state index in [4.69, 9.17) is 5.73 Å². The minimum absolute atomic E-state index is 0.0242. The lowest BCUT2D eigenvalue weighted by atomic mass is 9.75. The van der Waals surface area contributed by atoms with Crippen molar-refractivity contribution in [2.24, 2.45) is 5.73 Å². The number of hydrogen-bond donors (Lipinski definition) is 2. The summed E-state index contributed by atoms with van der Waals surface area (Å²) in [4.78, 5) is 27.4. The number of nitrogens with zero attached hydrogens (tertiary/aromatic N) is 4. The van der Waals surface area contributed by atoms with E-state index in [9.17, 15) is 14.9 Å². The minimum Gasteiger partial charge on any atom is -0.384 e. The molecule has 1 aliphatic heterocycles. The molecule has 1 aromatic heterocycles. The molecule has 3 aromatic rings. The Labute approximate surface area is 235 Å². The van der Waals surface area contributed by atoms with Crippen LogP contribution in [0.2, 0.25) is 0 Å². The van der Waals surface area contributed by atoms with Crippen LogP contribution >= 0.6 is 23.1 Å². The Balaban J connectivity index is 1.43. The molecule has 1 amide bonds. The lowest BCUT2D eigenvalue weighted by molar-refractivity contribution is -0.116. The largest absolute Gasteiger partial charge is 0.384 e. The number of nitrogens with two attached hydrogens (primary N) is 1. The fourth-order valence-electron chi connectivity index (χ4n) is 4.91. The molecular weight excluding hydrogens is 528 g/mol. The highest BCUT2D eigenvalue weighted by Crippen LogP contribution is 2.47. The van der Waals surface area contributed by atoms with Crippen molar-refractivity contribution in [3.8, 4) is 6.07 Å². The SMILES string of the molecule is CC(C)c1ccc(C2C(C#N)=C(N)N(c3nnc(SCC(=O)Nc4ccccc4)s3)C3=C2C(=O)CCC3)cc1. The fourth-order valence-corrected chi connectivity index (χ4v) is 6.59. The van der Waals surface area contributed by atoms with E-state index in [-0.39, 0.29) is 23.3 Å². The maximum Gasteiger partial charge on any atom is 0.234 e. The molecule has 1 atom stereocenters. The lowest BCUT2D eigenvalue weighted by Gasteiger charge is -2.38. The summed E-state index contributed by atoms with van der Waals surface area (Å²) in [6.07, 6.45) is 1.77. The third-order valence-electron chi connectivity index (χ3n) is 6.82. The normalized spacial score (nSPS) is 17.3. The molecule has 3 N–H and O–H groups in total. The van der Waals surface area contributed by atoms with Crippen LogP contribution in [0, 0.1) is 11.3 Å². The van der Waals surface area contributed by atoms with E-state index in [1.54, 1.807) is 4.90 Å². The third kappa shape index (κ3) is 5.46. The van der Waals surface area contributed by atoms with E-state index in [0.717, 1.165) is 16.9 Å². The Morgan fingerprint density at radius 1 is 1.18 bits per heavy atom. The second kappa shape index (κ2) is 11.4. The molecule has 2 aromatic carbocycles. The highest BCUT2D eigenvalue weighted by molar-refractivity contribution is 8.01. The number of nitriles is 1. The third-order valence-corrected chi connectivity index (χ3v) is 8.86. The molecule has 2 heterocycles. The molecule has 1 aliphatic carbocycles. The number of carbonyl (C=O) groups is 2. The molecule has 0 saturated carbocycles. The van der Waals surface area contributed by atoms with Gasteiger partial charge in [0.15, 0.2) is 10.1 Å². The van der Waals surface area contributed by atoms with Crippen molar-refractivity contribution in [1.29, 1.82) is 5.26 Å². The average Bonchev–Trinajstić information content (AvgIpc) is 3.40. The number of allylic oxidation sites excluding steroid dienone is 3. The van der Waals surface area contributed by atoms with Gasteiger partial charge < -0.3 is 11.1 Å². The van der Waals surface area contributed by atoms with Crippen molar-refractivity contribution >= 4 is 45.6 Å². The molecule has 0 bridgehead atoms. The zero-order valence-electron chi connectivity index (χ0n) is 21.7. The number of aromatic nitrogens is 2. The van der Waals surface area contributed by atoms with Gasteiger partial charge in [0.1, 0.15) is 5.82 Å². The number of amides is 1. The van der Waals surface area contributed by atoms with Crippen molar-refractivity contribution in [2.45, 2.75) is 49.3 Å². The zero-order valence-corrected chi connectivity index (χ0v) is 23.3. The maximum absolute atomic E-state index is 13.3. The van der Waals surface area contributed by atoms with Crippen LogP contribution in [0.1, 0.15) is 56.1 Å². The van der Waals surface area contributed by atoms with Gasteiger partial charge in [0, 0.05) is 23.4 Å². The first kappa shape index (κ1) is 26.7. The number of rotatable bonds is 7. The highest BCUT2D eigenvalue weighted by Gasteiger charge is 2.41. The van der Waals surface area contributed by atoms with Crippen LogP contribution in [-0.4, -0.2) is 27.6 Å². The van der Waals surface area contributed by atoms with Crippen LogP contribution in [0.4, 0.5) is 10.8 Å². The Hall–Kier alpha value is -3.94. The molecular formula is C29H28N6O2S2. The van der Waals surface area contributed by atoms with E-state index < -0.39 is 5.92 Å². The van der Waals surface area contributed by atoms with Gasteiger partial charge in [-0.3, -0.25) is 14.5 Å². The first-order valence-corrected chi connectivity index (χ1v) is 14.5. The van der Waals surface area contributed by atoms with Gasteiger partial charge in [0.25, 0.3) is 0 Å². The standard InChI is InChI=1S/C29H28N6O2S2/c1-17(2)18-11-13-19(14-12-18)25-21(15-30)27(31)35(22-9-6-10-23(36)26(22)25)28-33-34-29(39-28)38-16-24(37)32-20-7-4-3-5-8-20/h3-5,7-8,11-14,17,25H,6,9-10,16,31H2,1-2H3,(H,32,37). The van der Waals surface area contributed by atoms with Gasteiger partial charge in [-0.15, -0.1) is 10.2 Å². The number of hydrogen-bond acceptors (Lipinski definition) is 9. The van der Waals surface area contributed by atoms with Crippen LogP contribution in [0.5, 0.6) is 0 Å². The van der Waals surface area contributed by atoms with E-state index in [2.05, 4.69) is 35.4 Å². The summed E-state index contributed by atoms with van der Waals surface area (Å²) in [5, 5.41) is 22.1. The average molecular weight is 557 g/mol. The molecule has 5 rings (SSSR count). The first-order chi connectivity index (χ1) is 18.9. The van der Waals surface area contributed by atoms with Crippen LogP contribution in [0.3, 0.4) is 0 Å². The molecule has 8 nitrogen and oxygen atoms in total. The van der Waals surface area contributed by atoms with Crippen molar-refractivity contribution in [2.75, 3.05) is 16.0 Å². The summed E-state index contributed by atoms with van der Waals surface area (Å²) in [6.45, 7) is 4.25. The van der Waals surface area contributed by atoms with Gasteiger partial charge in [0.2, 0.25) is 11.0 Å². The quantitative estimate of drug-likeness (QED) is 0.355. The molecule has 0 saturated heterocycles. The van der Waals surface area contributed by atoms with E-state index >= 15 is 0 Å². The number of benzene rings is 2. The Morgan fingerprint density at radius 2 is 1.92 bits per heavy atom. The van der Waals surface area contributed by atoms with Crippen LogP contribution in [-0.2, 0) is 9.59 Å². The van der Waals surface area contributed by atoms with Gasteiger partial charge in [-0.05, 0) is 42.0 Å². The van der Waals surface area contributed by atoms with Gasteiger partial charge >= 0.3 is 0 Å². The summed E-state index contributed by atoms with van der Waals surface area (Å²) < 4.78 is 0.593. The number of nitrogens with one attached hydrogen (secondary N) is 1. The minimum atomic E-state index is -0.515. The van der Waals surface area contributed by atoms with E-state index in [1.807, 2.05) is 54.6 Å². The number of ketones is 1. The van der Waals surface area contributed by atoms with Crippen LogP contribution < -0.4 is 16.0 Å². The predicted octanol–water partition coefficient (Wildman–Crippen LogP) is 5.70. The second-order valence-electron chi connectivity index (χ2n) is 9.69. The smallest absolute Gasteiger partial charge is 0.234 e. The predicted molar refractivity (Wildman–Crippen MR) is 154 cm³/mol. The monoisotopic (exact) mass is 556 g/mol. The Bertz CT molecular complexity index is 1500. The van der Waals surface area contributed by atoms with Gasteiger partial charge in [0.05, 0.1) is 23.3 Å². The van der Waals surface area contributed by atoms with E-state index in [1.165, 1.54) is 28.7 Å². The van der Waals surface area contributed by atoms with Crippen molar-refractivity contribution in [3.05, 3.63) is 88.4 Å². The summed E-state index contributed by atoms with van der Waals surface area (Å²) in [5.74, 6) is 0.158. The zero-order chi connectivity index (χ0) is 27.5. The van der Waals surface area contributed by atoms with Gasteiger partial charge in [-0.2, -0.15) is 5.26 Å². The van der Waals surface area contributed by atoms with E-state index in [0.29, 0.717) is 45.8 Å². The Morgan fingerprint density at radius 3 is 2.62 bits per heavy atom. The molecule has 0 radical (unpaired) electrons. The van der Waals surface area contributed by atoms with Crippen LogP contribution in [0.25, 0.3) is 0 Å². The summed E-state index contributed by atoms with van der Waals surface area (Å²) in [6, 6.07) is 19.6. The number of carbonyl (C=O) groups excluding carboxylic acids is 2. The molecule has 0 spiro atoms. The van der Waals surface area contributed by atoms with Crippen molar-refractivity contribution in [3.63, 3.8) is 0 Å². The molecule has 39 heavy (non-hydrogen) atoms. The molecule has 2 aliphatic rings. The fraction of sp³-hybridized carbons (Fsp3) is 0.276. The van der Waals surface area contributed by atoms with Crippen LogP contribution in [0.15, 0.2) is 81.6 Å². The van der Waals surface area contributed by atoms with Gasteiger partial charge in [-0.25, -0.2) is 0 Å². The molecule has 198 valence electrons. The first-order valence-electron chi connectivity index (χ1n) is 12.7. The highest BCUT2D eigenvalue weighted by atomic mass is 32.2. The lowest BCUT2D eigenvalue weighted by Crippen LogP contribution is -2.38. The summed E-state index contributed by atoms with van der Waals surface area (Å²) >= 11 is 2.55. The number of Topliss-reactive ketones (excluding diaryl/α,β-unsaturated/α-hetero) is 1. The van der Waals surface area contributed by atoms with Gasteiger partial charge in [-0.1, -0.05) is 79.4 Å². The van der Waals surface area contributed by atoms with Crippen molar-refractivity contribution in [1.82, 2.24) is 10.2 Å². The Kier molecular flexibility index (Phi) is 7.82. The second-order valence-corrected chi connectivity index (χ2v) is 11.9. The molecule has 0 fully saturated rings. The topological polar surface area (TPSA) is 125 Å². The molecule has 10 heteroatoms. The maximum atomic E-state index is 13.3.